The number of ether oxygens (including phenoxy) is 2. The predicted molar refractivity (Wildman–Crippen MR) is 85.1 cm³/mol. The van der Waals surface area contributed by atoms with Crippen molar-refractivity contribution < 1.29 is 9.47 Å². The number of methoxy groups -OCH3 is 1. The maximum absolute atomic E-state index is 6.11. The van der Waals surface area contributed by atoms with Gasteiger partial charge >= 0.3 is 0 Å². The molecular formula is C15H21Cl2NO2. The topological polar surface area (TPSA) is 30.5 Å². The van der Waals surface area contributed by atoms with E-state index in [-0.39, 0.29) is 5.54 Å². The van der Waals surface area contributed by atoms with Crippen LogP contribution in [0.1, 0.15) is 26.3 Å². The SMILES string of the molecule is COc1cc(Cl)cc(CNC(C)(C)C)c1OC/C=C/Cl. The van der Waals surface area contributed by atoms with E-state index >= 15 is 0 Å². The Kier molecular flexibility index (Phi) is 6.66. The van der Waals surface area contributed by atoms with Gasteiger partial charge in [-0.15, -0.1) is 0 Å². The molecule has 0 saturated heterocycles. The molecule has 1 N–H and O–H groups in total. The van der Waals surface area contributed by atoms with Gasteiger partial charge in [-0.2, -0.15) is 0 Å². The van der Waals surface area contributed by atoms with Crippen LogP contribution in [0.15, 0.2) is 23.7 Å². The van der Waals surface area contributed by atoms with Crippen molar-refractivity contribution in [2.45, 2.75) is 32.9 Å². The van der Waals surface area contributed by atoms with Crippen LogP contribution in [0.3, 0.4) is 0 Å². The Morgan fingerprint density at radius 3 is 2.55 bits per heavy atom. The first-order valence-corrected chi connectivity index (χ1v) is 7.18. The lowest BCUT2D eigenvalue weighted by atomic mass is 10.1. The molecule has 0 atom stereocenters. The van der Waals surface area contributed by atoms with Crippen molar-refractivity contribution in [3.8, 4) is 11.5 Å². The molecular weight excluding hydrogens is 297 g/mol. The highest BCUT2D eigenvalue weighted by molar-refractivity contribution is 6.30. The predicted octanol–water partition coefficient (Wildman–Crippen LogP) is 4.37. The third-order valence-corrected chi connectivity index (χ3v) is 2.94. The summed E-state index contributed by atoms with van der Waals surface area (Å²) >= 11 is 11.6. The number of rotatable bonds is 6. The molecule has 5 heteroatoms. The molecule has 0 heterocycles. The highest BCUT2D eigenvalue weighted by atomic mass is 35.5. The summed E-state index contributed by atoms with van der Waals surface area (Å²) in [5.41, 5.74) is 2.38. The lowest BCUT2D eigenvalue weighted by Crippen LogP contribution is -2.35. The van der Waals surface area contributed by atoms with E-state index in [9.17, 15) is 0 Å². The fourth-order valence-corrected chi connectivity index (χ4v) is 1.90. The molecule has 20 heavy (non-hydrogen) atoms. The Bertz CT molecular complexity index is 468. The number of hydrogen-bond acceptors (Lipinski definition) is 3. The molecule has 1 aromatic rings. The van der Waals surface area contributed by atoms with Gasteiger partial charge < -0.3 is 14.8 Å². The van der Waals surface area contributed by atoms with Gasteiger partial charge in [-0.05, 0) is 32.9 Å². The molecule has 0 aliphatic heterocycles. The van der Waals surface area contributed by atoms with E-state index in [0.29, 0.717) is 29.7 Å². The third kappa shape index (κ3) is 5.61. The summed E-state index contributed by atoms with van der Waals surface area (Å²) < 4.78 is 11.1. The van der Waals surface area contributed by atoms with Crippen molar-refractivity contribution in [1.29, 1.82) is 0 Å². The van der Waals surface area contributed by atoms with Crippen molar-refractivity contribution >= 4 is 23.2 Å². The van der Waals surface area contributed by atoms with Gasteiger partial charge in [0.15, 0.2) is 11.5 Å². The average Bonchev–Trinajstić information content (AvgIpc) is 2.37. The molecule has 0 bridgehead atoms. The summed E-state index contributed by atoms with van der Waals surface area (Å²) in [6.45, 7) is 7.33. The minimum atomic E-state index is 0.00284. The number of halogens is 2. The van der Waals surface area contributed by atoms with E-state index in [4.69, 9.17) is 32.7 Å². The zero-order valence-electron chi connectivity index (χ0n) is 12.3. The first kappa shape index (κ1) is 17.2. The van der Waals surface area contributed by atoms with Gasteiger partial charge in [0.1, 0.15) is 6.61 Å². The van der Waals surface area contributed by atoms with Crippen LogP contribution in [0.5, 0.6) is 11.5 Å². The van der Waals surface area contributed by atoms with E-state index < -0.39 is 0 Å². The maximum atomic E-state index is 6.11. The second-order valence-corrected chi connectivity index (χ2v) is 6.06. The van der Waals surface area contributed by atoms with E-state index in [2.05, 4.69) is 26.1 Å². The molecule has 3 nitrogen and oxygen atoms in total. The fraction of sp³-hybridized carbons (Fsp3) is 0.467. The van der Waals surface area contributed by atoms with Crippen LogP contribution in [0.2, 0.25) is 5.02 Å². The van der Waals surface area contributed by atoms with Gasteiger partial charge in [0.25, 0.3) is 0 Å². The van der Waals surface area contributed by atoms with Crippen molar-refractivity contribution in [3.63, 3.8) is 0 Å². The summed E-state index contributed by atoms with van der Waals surface area (Å²) in [5.74, 6) is 1.30. The average molecular weight is 318 g/mol. The molecule has 0 radical (unpaired) electrons. The molecule has 0 aliphatic carbocycles. The summed E-state index contributed by atoms with van der Waals surface area (Å²) in [7, 11) is 1.59. The van der Waals surface area contributed by atoms with Crippen molar-refractivity contribution in [2.24, 2.45) is 0 Å². The fourth-order valence-electron chi connectivity index (χ4n) is 1.60. The van der Waals surface area contributed by atoms with Crippen LogP contribution in [0.4, 0.5) is 0 Å². The summed E-state index contributed by atoms with van der Waals surface area (Å²) in [5, 5.41) is 4.03. The van der Waals surface area contributed by atoms with Gasteiger partial charge in [-0.1, -0.05) is 23.2 Å². The van der Waals surface area contributed by atoms with E-state index in [1.54, 1.807) is 19.3 Å². The number of nitrogens with one attached hydrogen (secondary N) is 1. The minimum Gasteiger partial charge on any atom is -0.493 e. The lowest BCUT2D eigenvalue weighted by Gasteiger charge is -2.22. The second kappa shape index (κ2) is 7.77. The van der Waals surface area contributed by atoms with E-state index in [1.807, 2.05) is 6.07 Å². The van der Waals surface area contributed by atoms with Gasteiger partial charge in [0.2, 0.25) is 0 Å². The van der Waals surface area contributed by atoms with Crippen LogP contribution in [0.25, 0.3) is 0 Å². The molecule has 1 rings (SSSR count). The summed E-state index contributed by atoms with van der Waals surface area (Å²) in [6.07, 6.45) is 1.72. The Labute approximate surface area is 130 Å². The molecule has 0 amide bonds. The van der Waals surface area contributed by atoms with Gasteiger partial charge in [0, 0.05) is 34.3 Å². The second-order valence-electron chi connectivity index (χ2n) is 5.37. The summed E-state index contributed by atoms with van der Waals surface area (Å²) in [6, 6.07) is 3.62. The van der Waals surface area contributed by atoms with Crippen LogP contribution in [-0.4, -0.2) is 19.3 Å². The first-order valence-electron chi connectivity index (χ1n) is 6.37. The Morgan fingerprint density at radius 1 is 1.30 bits per heavy atom. The van der Waals surface area contributed by atoms with Crippen molar-refractivity contribution in [1.82, 2.24) is 5.32 Å². The van der Waals surface area contributed by atoms with Crippen LogP contribution in [0, 0.1) is 0 Å². The molecule has 0 fully saturated rings. The molecule has 1 aromatic carbocycles. The van der Waals surface area contributed by atoms with Crippen molar-refractivity contribution in [3.05, 3.63) is 34.3 Å². The number of hydrogen-bond donors (Lipinski definition) is 1. The monoisotopic (exact) mass is 317 g/mol. The summed E-state index contributed by atoms with van der Waals surface area (Å²) in [4.78, 5) is 0. The van der Waals surface area contributed by atoms with Gasteiger partial charge in [-0.3, -0.25) is 0 Å². The standard InChI is InChI=1S/C15H21Cl2NO2/c1-15(2,3)18-10-11-8-12(17)9-13(19-4)14(11)20-7-5-6-16/h5-6,8-9,18H,7,10H2,1-4H3/b6-5+. The highest BCUT2D eigenvalue weighted by Gasteiger charge is 2.15. The smallest absolute Gasteiger partial charge is 0.166 e. The van der Waals surface area contributed by atoms with Crippen LogP contribution >= 0.6 is 23.2 Å². The molecule has 0 unspecified atom stereocenters. The van der Waals surface area contributed by atoms with Crippen molar-refractivity contribution in [2.75, 3.05) is 13.7 Å². The third-order valence-electron chi connectivity index (χ3n) is 2.54. The Morgan fingerprint density at radius 2 is 2.00 bits per heavy atom. The Hall–Kier alpha value is -0.900. The minimum absolute atomic E-state index is 0.00284. The highest BCUT2D eigenvalue weighted by Crippen LogP contribution is 2.35. The zero-order valence-corrected chi connectivity index (χ0v) is 13.8. The molecule has 0 spiro atoms. The normalized spacial score (nSPS) is 11.9. The lowest BCUT2D eigenvalue weighted by molar-refractivity contribution is 0.319. The van der Waals surface area contributed by atoms with E-state index in [0.717, 1.165) is 5.56 Å². The molecule has 0 saturated carbocycles. The molecule has 112 valence electrons. The van der Waals surface area contributed by atoms with Gasteiger partial charge in [0.05, 0.1) is 7.11 Å². The number of benzene rings is 1. The van der Waals surface area contributed by atoms with Gasteiger partial charge in [-0.25, -0.2) is 0 Å². The maximum Gasteiger partial charge on any atom is 0.166 e. The van der Waals surface area contributed by atoms with Crippen LogP contribution in [-0.2, 0) is 6.54 Å². The Balaban J connectivity index is 3.01. The first-order chi connectivity index (χ1) is 9.37. The molecule has 0 aromatic heterocycles. The van der Waals surface area contributed by atoms with E-state index in [1.165, 1.54) is 5.54 Å². The molecule has 0 aliphatic rings. The quantitative estimate of drug-likeness (QED) is 0.845. The zero-order chi connectivity index (χ0) is 15.2. The largest absolute Gasteiger partial charge is 0.493 e. The van der Waals surface area contributed by atoms with Crippen LogP contribution < -0.4 is 14.8 Å².